The van der Waals surface area contributed by atoms with Crippen LogP contribution in [0.4, 0.5) is 5.69 Å². The predicted octanol–water partition coefficient (Wildman–Crippen LogP) is 2.91. The summed E-state index contributed by atoms with van der Waals surface area (Å²) in [6.45, 7) is 1.80. The van der Waals surface area contributed by atoms with Crippen molar-refractivity contribution in [1.82, 2.24) is 0 Å². The number of primary amides is 1. The summed E-state index contributed by atoms with van der Waals surface area (Å²) in [7, 11) is 1.61. The third-order valence-electron chi connectivity index (χ3n) is 3.19. The summed E-state index contributed by atoms with van der Waals surface area (Å²) < 4.78 is 5.10. The van der Waals surface area contributed by atoms with E-state index in [4.69, 9.17) is 10.5 Å². The summed E-state index contributed by atoms with van der Waals surface area (Å²) in [4.78, 5) is 24.6. The molecule has 0 bridgehead atoms. The quantitative estimate of drug-likeness (QED) is 0.798. The van der Waals surface area contributed by atoms with E-state index in [9.17, 15) is 9.59 Å². The van der Waals surface area contributed by atoms with Crippen LogP contribution in [0.25, 0.3) is 0 Å². The first-order chi connectivity index (χ1) is 11.0. The number of methoxy groups -OCH3 is 1. The topological polar surface area (TPSA) is 81.4 Å². The van der Waals surface area contributed by atoms with Crippen LogP contribution >= 0.6 is 11.8 Å². The Hall–Kier alpha value is -2.47. The molecule has 120 valence electrons. The minimum atomic E-state index is -0.573. The van der Waals surface area contributed by atoms with Gasteiger partial charge in [0.1, 0.15) is 5.75 Å². The number of thioether (sulfide) groups is 1. The van der Waals surface area contributed by atoms with Crippen LogP contribution in [-0.2, 0) is 4.79 Å². The Balaban J connectivity index is 2.04. The van der Waals surface area contributed by atoms with Gasteiger partial charge in [0.25, 0.3) is 5.91 Å². The van der Waals surface area contributed by atoms with E-state index in [2.05, 4.69) is 5.32 Å². The van der Waals surface area contributed by atoms with Crippen LogP contribution in [0.1, 0.15) is 17.3 Å². The van der Waals surface area contributed by atoms with Gasteiger partial charge in [-0.1, -0.05) is 12.1 Å². The number of carbonyl (C=O) groups excluding carboxylic acids is 2. The summed E-state index contributed by atoms with van der Waals surface area (Å²) in [6, 6.07) is 14.1. The van der Waals surface area contributed by atoms with Crippen molar-refractivity contribution in [3.05, 3.63) is 54.1 Å². The summed E-state index contributed by atoms with van der Waals surface area (Å²) in [5, 5.41) is 2.42. The Morgan fingerprint density at radius 3 is 2.39 bits per heavy atom. The molecule has 0 aliphatic heterocycles. The van der Waals surface area contributed by atoms with E-state index in [0.29, 0.717) is 11.3 Å². The number of nitrogens with one attached hydrogen (secondary N) is 1. The van der Waals surface area contributed by atoms with Crippen LogP contribution in [0, 0.1) is 0 Å². The molecule has 0 aliphatic rings. The van der Waals surface area contributed by atoms with Crippen LogP contribution in [0.15, 0.2) is 53.4 Å². The largest absolute Gasteiger partial charge is 0.497 e. The molecule has 1 atom stereocenters. The number of hydrogen-bond acceptors (Lipinski definition) is 4. The monoisotopic (exact) mass is 330 g/mol. The number of benzene rings is 2. The Kier molecular flexibility index (Phi) is 5.65. The number of ether oxygens (including phenoxy) is 1. The lowest BCUT2D eigenvalue weighted by molar-refractivity contribution is -0.115. The van der Waals surface area contributed by atoms with Gasteiger partial charge in [0.2, 0.25) is 5.91 Å². The van der Waals surface area contributed by atoms with Crippen molar-refractivity contribution in [2.24, 2.45) is 5.73 Å². The fourth-order valence-electron chi connectivity index (χ4n) is 1.95. The minimum absolute atomic E-state index is 0.195. The first-order valence-corrected chi connectivity index (χ1v) is 7.89. The Labute approximate surface area is 139 Å². The SMILES string of the molecule is COc1ccc(S[C@H](C)C(=O)Nc2ccccc2C(N)=O)cc1. The molecule has 0 heterocycles. The second-order valence-corrected chi connectivity index (χ2v) is 6.25. The molecule has 0 saturated carbocycles. The van der Waals surface area contributed by atoms with Gasteiger partial charge in [-0.15, -0.1) is 11.8 Å². The molecule has 6 heteroatoms. The van der Waals surface area contributed by atoms with E-state index >= 15 is 0 Å². The van der Waals surface area contributed by atoms with Gasteiger partial charge in [-0.05, 0) is 43.3 Å². The highest BCUT2D eigenvalue weighted by molar-refractivity contribution is 8.00. The molecule has 0 aliphatic carbocycles. The zero-order valence-corrected chi connectivity index (χ0v) is 13.7. The van der Waals surface area contributed by atoms with Crippen molar-refractivity contribution in [2.75, 3.05) is 12.4 Å². The van der Waals surface area contributed by atoms with Crippen LogP contribution in [0.3, 0.4) is 0 Å². The van der Waals surface area contributed by atoms with E-state index in [-0.39, 0.29) is 11.2 Å². The van der Waals surface area contributed by atoms with Crippen molar-refractivity contribution in [2.45, 2.75) is 17.1 Å². The molecule has 0 fully saturated rings. The van der Waals surface area contributed by atoms with E-state index in [1.165, 1.54) is 11.8 Å². The van der Waals surface area contributed by atoms with Crippen LogP contribution in [-0.4, -0.2) is 24.2 Å². The molecule has 0 aromatic heterocycles. The number of rotatable bonds is 6. The van der Waals surface area contributed by atoms with Crippen molar-refractivity contribution in [1.29, 1.82) is 0 Å². The zero-order chi connectivity index (χ0) is 16.8. The van der Waals surface area contributed by atoms with E-state index in [1.807, 2.05) is 24.3 Å². The Morgan fingerprint density at radius 1 is 1.13 bits per heavy atom. The van der Waals surface area contributed by atoms with Gasteiger partial charge in [0.05, 0.1) is 23.6 Å². The highest BCUT2D eigenvalue weighted by atomic mass is 32.2. The highest BCUT2D eigenvalue weighted by Crippen LogP contribution is 2.26. The van der Waals surface area contributed by atoms with Gasteiger partial charge in [-0.25, -0.2) is 0 Å². The van der Waals surface area contributed by atoms with Crippen molar-refractivity contribution in [3.63, 3.8) is 0 Å². The van der Waals surface area contributed by atoms with Crippen LogP contribution in [0.5, 0.6) is 5.75 Å². The third-order valence-corrected chi connectivity index (χ3v) is 4.30. The molecular formula is C17H18N2O3S. The number of amides is 2. The van der Waals surface area contributed by atoms with Crippen LogP contribution < -0.4 is 15.8 Å². The average molecular weight is 330 g/mol. The molecule has 3 N–H and O–H groups in total. The summed E-state index contributed by atoms with van der Waals surface area (Å²) in [6.07, 6.45) is 0. The number of hydrogen-bond donors (Lipinski definition) is 2. The summed E-state index contributed by atoms with van der Waals surface area (Å²) >= 11 is 1.42. The smallest absolute Gasteiger partial charge is 0.250 e. The van der Waals surface area contributed by atoms with Gasteiger partial charge >= 0.3 is 0 Å². The molecule has 5 nitrogen and oxygen atoms in total. The summed E-state index contributed by atoms with van der Waals surface area (Å²) in [5.41, 5.74) is 6.03. The molecule has 0 unspecified atom stereocenters. The molecule has 0 spiro atoms. The fourth-order valence-corrected chi connectivity index (χ4v) is 2.82. The second-order valence-electron chi connectivity index (χ2n) is 4.83. The maximum absolute atomic E-state index is 12.3. The molecular weight excluding hydrogens is 312 g/mol. The van der Waals surface area contributed by atoms with Crippen molar-refractivity contribution < 1.29 is 14.3 Å². The maximum Gasteiger partial charge on any atom is 0.250 e. The summed E-state index contributed by atoms with van der Waals surface area (Å²) in [5.74, 6) is -0.00211. The lowest BCUT2D eigenvalue weighted by Crippen LogP contribution is -2.24. The van der Waals surface area contributed by atoms with Gasteiger partial charge in [-0.2, -0.15) is 0 Å². The third kappa shape index (κ3) is 4.50. The van der Waals surface area contributed by atoms with Gasteiger partial charge in [-0.3, -0.25) is 9.59 Å². The van der Waals surface area contributed by atoms with E-state index in [1.54, 1.807) is 38.3 Å². The maximum atomic E-state index is 12.3. The van der Waals surface area contributed by atoms with E-state index < -0.39 is 5.91 Å². The highest BCUT2D eigenvalue weighted by Gasteiger charge is 2.17. The lowest BCUT2D eigenvalue weighted by atomic mass is 10.1. The number of carbonyl (C=O) groups is 2. The molecule has 2 amide bonds. The Bertz CT molecular complexity index is 701. The predicted molar refractivity (Wildman–Crippen MR) is 91.9 cm³/mol. The number of para-hydroxylation sites is 1. The first-order valence-electron chi connectivity index (χ1n) is 7.01. The first kappa shape index (κ1) is 16.9. The molecule has 23 heavy (non-hydrogen) atoms. The fraction of sp³-hybridized carbons (Fsp3) is 0.176. The Morgan fingerprint density at radius 2 is 1.78 bits per heavy atom. The molecule has 2 rings (SSSR count). The zero-order valence-electron chi connectivity index (χ0n) is 12.9. The normalized spacial score (nSPS) is 11.6. The molecule has 0 saturated heterocycles. The standard InChI is InChI=1S/C17H18N2O3S/c1-11(23-13-9-7-12(22-2)8-10-13)17(21)19-15-6-4-3-5-14(15)16(18)20/h3-11H,1-2H3,(H2,18,20)(H,19,21)/t11-/m1/s1. The molecule has 2 aromatic carbocycles. The molecule has 0 radical (unpaired) electrons. The lowest BCUT2D eigenvalue weighted by Gasteiger charge is -2.14. The van der Waals surface area contributed by atoms with Crippen molar-refractivity contribution >= 4 is 29.3 Å². The second kappa shape index (κ2) is 7.69. The number of nitrogens with two attached hydrogens (primary N) is 1. The van der Waals surface area contributed by atoms with E-state index in [0.717, 1.165) is 10.6 Å². The average Bonchev–Trinajstić information content (AvgIpc) is 2.55. The van der Waals surface area contributed by atoms with Crippen LogP contribution in [0.2, 0.25) is 0 Å². The van der Waals surface area contributed by atoms with Gasteiger partial charge in [0, 0.05) is 4.90 Å². The number of anilines is 1. The molecule has 2 aromatic rings. The van der Waals surface area contributed by atoms with Gasteiger partial charge in [0.15, 0.2) is 0 Å². The van der Waals surface area contributed by atoms with Gasteiger partial charge < -0.3 is 15.8 Å². The minimum Gasteiger partial charge on any atom is -0.497 e. The van der Waals surface area contributed by atoms with Crippen molar-refractivity contribution in [3.8, 4) is 5.75 Å².